The average molecular weight is 273 g/mol. The Balaban J connectivity index is 2.18. The Bertz CT molecular complexity index is 477. The smallest absolute Gasteiger partial charge is 0.101 e. The summed E-state index contributed by atoms with van der Waals surface area (Å²) in [5.41, 5.74) is 2.98. The summed E-state index contributed by atoms with van der Waals surface area (Å²) in [5, 5.41) is 12.7. The van der Waals surface area contributed by atoms with Gasteiger partial charge in [-0.3, -0.25) is 0 Å². The first-order valence-corrected chi connectivity index (χ1v) is 7.29. The lowest BCUT2D eigenvalue weighted by Gasteiger charge is -2.25. The normalized spacial score (nSPS) is 14.1. The summed E-state index contributed by atoms with van der Waals surface area (Å²) >= 11 is 0. The molecule has 1 aliphatic rings. The number of nitriles is 1. The summed E-state index contributed by atoms with van der Waals surface area (Å²) in [6.07, 6.45) is 2.43. The van der Waals surface area contributed by atoms with Gasteiger partial charge >= 0.3 is 0 Å². The van der Waals surface area contributed by atoms with E-state index in [1.807, 2.05) is 6.07 Å². The van der Waals surface area contributed by atoms with Gasteiger partial charge in [0.05, 0.1) is 17.9 Å². The minimum atomic E-state index is 0.580. The highest BCUT2D eigenvalue weighted by Gasteiger charge is 2.30. The van der Waals surface area contributed by atoms with E-state index in [9.17, 15) is 5.26 Å². The Kier molecular flexibility index (Phi) is 5.40. The van der Waals surface area contributed by atoms with E-state index in [-0.39, 0.29) is 0 Å². The highest BCUT2D eigenvalue weighted by molar-refractivity contribution is 5.61. The Hall–Kier alpha value is -1.57. The Labute approximate surface area is 121 Å². The zero-order chi connectivity index (χ0) is 14.4. The number of hydrogen-bond donors (Lipinski definition) is 1. The molecule has 1 aliphatic carbocycles. The molecule has 1 saturated carbocycles. The molecule has 1 aromatic rings. The van der Waals surface area contributed by atoms with Crippen molar-refractivity contribution in [2.24, 2.45) is 0 Å². The summed E-state index contributed by atoms with van der Waals surface area (Å²) in [6, 6.07) is 9.12. The number of hydrogen-bond acceptors (Lipinski definition) is 4. The highest BCUT2D eigenvalue weighted by atomic mass is 16.5. The average Bonchev–Trinajstić information content (AvgIpc) is 3.31. The third kappa shape index (κ3) is 3.72. The fourth-order valence-electron chi connectivity index (χ4n) is 2.38. The van der Waals surface area contributed by atoms with Crippen molar-refractivity contribution in [3.8, 4) is 6.07 Å². The van der Waals surface area contributed by atoms with Crippen LogP contribution >= 0.6 is 0 Å². The third-order valence-electron chi connectivity index (χ3n) is 3.59. The summed E-state index contributed by atoms with van der Waals surface area (Å²) in [7, 11) is 1.72. The highest BCUT2D eigenvalue weighted by Crippen LogP contribution is 2.33. The largest absolute Gasteiger partial charge is 0.383 e. The molecule has 0 unspecified atom stereocenters. The second kappa shape index (κ2) is 7.28. The van der Waals surface area contributed by atoms with E-state index in [0.29, 0.717) is 12.6 Å². The number of rotatable bonds is 8. The van der Waals surface area contributed by atoms with Crippen LogP contribution in [-0.4, -0.2) is 32.8 Å². The molecule has 4 heteroatoms. The molecule has 4 nitrogen and oxygen atoms in total. The number of benzene rings is 1. The van der Waals surface area contributed by atoms with Gasteiger partial charge < -0.3 is 15.0 Å². The zero-order valence-electron chi connectivity index (χ0n) is 12.4. The van der Waals surface area contributed by atoms with Crippen molar-refractivity contribution in [2.45, 2.75) is 32.4 Å². The molecule has 1 N–H and O–H groups in total. The van der Waals surface area contributed by atoms with E-state index < -0.39 is 0 Å². The zero-order valence-corrected chi connectivity index (χ0v) is 12.4. The Morgan fingerprint density at radius 3 is 2.85 bits per heavy atom. The molecule has 0 bridgehead atoms. The van der Waals surface area contributed by atoms with Gasteiger partial charge in [0.15, 0.2) is 0 Å². The molecule has 0 amide bonds. The molecule has 108 valence electrons. The molecule has 0 aliphatic heterocycles. The van der Waals surface area contributed by atoms with Crippen molar-refractivity contribution in [1.82, 2.24) is 5.32 Å². The van der Waals surface area contributed by atoms with Crippen molar-refractivity contribution >= 4 is 5.69 Å². The third-order valence-corrected chi connectivity index (χ3v) is 3.59. The van der Waals surface area contributed by atoms with Crippen molar-refractivity contribution in [3.63, 3.8) is 0 Å². The molecule has 0 spiro atoms. The van der Waals surface area contributed by atoms with Gasteiger partial charge in [0, 0.05) is 26.2 Å². The lowest BCUT2D eigenvalue weighted by Crippen LogP contribution is -2.30. The summed E-state index contributed by atoms with van der Waals surface area (Å²) in [6.45, 7) is 5.38. The van der Waals surface area contributed by atoms with Crippen molar-refractivity contribution in [3.05, 3.63) is 29.3 Å². The minimum Gasteiger partial charge on any atom is -0.383 e. The molecule has 1 aromatic carbocycles. The van der Waals surface area contributed by atoms with Crippen LogP contribution in [0.25, 0.3) is 0 Å². The second-order valence-corrected chi connectivity index (χ2v) is 5.16. The van der Waals surface area contributed by atoms with E-state index in [4.69, 9.17) is 4.74 Å². The summed E-state index contributed by atoms with van der Waals surface area (Å²) in [5.74, 6) is 0. The Morgan fingerprint density at radius 1 is 1.45 bits per heavy atom. The van der Waals surface area contributed by atoms with Crippen LogP contribution in [0.5, 0.6) is 0 Å². The van der Waals surface area contributed by atoms with Gasteiger partial charge in [-0.1, -0.05) is 13.0 Å². The molecule has 20 heavy (non-hydrogen) atoms. The molecule has 0 atom stereocenters. The predicted molar refractivity (Wildman–Crippen MR) is 80.8 cm³/mol. The van der Waals surface area contributed by atoms with Gasteiger partial charge in [-0.2, -0.15) is 5.26 Å². The predicted octanol–water partition coefficient (Wildman–Crippen LogP) is 2.28. The number of nitrogens with zero attached hydrogens (tertiary/aromatic N) is 2. The first-order valence-electron chi connectivity index (χ1n) is 7.29. The first-order chi connectivity index (χ1) is 9.80. The lowest BCUT2D eigenvalue weighted by molar-refractivity contribution is 0.205. The lowest BCUT2D eigenvalue weighted by atomic mass is 10.1. The maximum Gasteiger partial charge on any atom is 0.101 e. The molecule has 0 radical (unpaired) electrons. The molecule has 0 heterocycles. The van der Waals surface area contributed by atoms with Gasteiger partial charge in [0.25, 0.3) is 0 Å². The van der Waals surface area contributed by atoms with Gasteiger partial charge in [0.2, 0.25) is 0 Å². The van der Waals surface area contributed by atoms with Crippen molar-refractivity contribution < 1.29 is 4.74 Å². The van der Waals surface area contributed by atoms with Crippen molar-refractivity contribution in [1.29, 1.82) is 5.26 Å². The monoisotopic (exact) mass is 273 g/mol. The number of ether oxygens (including phenoxy) is 1. The van der Waals surface area contributed by atoms with Gasteiger partial charge in [0.1, 0.15) is 6.07 Å². The van der Waals surface area contributed by atoms with Gasteiger partial charge in [-0.25, -0.2) is 0 Å². The van der Waals surface area contributed by atoms with E-state index in [1.54, 1.807) is 7.11 Å². The standard InChI is InChI=1S/C16H23N3O/c1-3-18-12-13-4-7-16(14(10-13)11-17)19(8-9-20-2)15-5-6-15/h4,7,10,15,18H,3,5-6,8-9,12H2,1-2H3. The molecular weight excluding hydrogens is 250 g/mol. The van der Waals surface area contributed by atoms with Crippen LogP contribution in [-0.2, 0) is 11.3 Å². The van der Waals surface area contributed by atoms with Crippen LogP contribution < -0.4 is 10.2 Å². The molecule has 2 rings (SSSR count). The van der Waals surface area contributed by atoms with E-state index >= 15 is 0 Å². The van der Waals surface area contributed by atoms with Crippen LogP contribution in [0.2, 0.25) is 0 Å². The summed E-state index contributed by atoms with van der Waals surface area (Å²) in [4.78, 5) is 2.32. The van der Waals surface area contributed by atoms with E-state index in [2.05, 4.69) is 35.3 Å². The Morgan fingerprint density at radius 2 is 2.25 bits per heavy atom. The van der Waals surface area contributed by atoms with Crippen LogP contribution in [0.3, 0.4) is 0 Å². The van der Waals surface area contributed by atoms with E-state index in [1.165, 1.54) is 12.8 Å². The maximum atomic E-state index is 9.42. The number of methoxy groups -OCH3 is 1. The first kappa shape index (κ1) is 14.8. The number of anilines is 1. The minimum absolute atomic E-state index is 0.580. The topological polar surface area (TPSA) is 48.3 Å². The molecule has 0 saturated heterocycles. The molecule has 0 aromatic heterocycles. The van der Waals surface area contributed by atoms with Gasteiger partial charge in [-0.15, -0.1) is 0 Å². The second-order valence-electron chi connectivity index (χ2n) is 5.16. The van der Waals surface area contributed by atoms with Crippen LogP contribution in [0.4, 0.5) is 5.69 Å². The van der Waals surface area contributed by atoms with Crippen LogP contribution in [0.15, 0.2) is 18.2 Å². The van der Waals surface area contributed by atoms with Crippen LogP contribution in [0, 0.1) is 11.3 Å². The summed E-state index contributed by atoms with van der Waals surface area (Å²) < 4.78 is 5.19. The fourth-order valence-corrected chi connectivity index (χ4v) is 2.38. The van der Waals surface area contributed by atoms with E-state index in [0.717, 1.165) is 36.4 Å². The van der Waals surface area contributed by atoms with Gasteiger partial charge in [-0.05, 0) is 37.1 Å². The number of nitrogens with one attached hydrogen (secondary N) is 1. The SMILES string of the molecule is CCNCc1ccc(N(CCOC)C2CC2)c(C#N)c1. The van der Waals surface area contributed by atoms with Crippen molar-refractivity contribution in [2.75, 3.05) is 31.7 Å². The van der Waals surface area contributed by atoms with Crippen LogP contribution in [0.1, 0.15) is 30.9 Å². The quantitative estimate of drug-likeness (QED) is 0.789. The maximum absolute atomic E-state index is 9.42. The fraction of sp³-hybridized carbons (Fsp3) is 0.562. The molecular formula is C16H23N3O. The molecule has 1 fully saturated rings.